The van der Waals surface area contributed by atoms with Gasteiger partial charge in [0.1, 0.15) is 6.61 Å². The maximum Gasteiger partial charge on any atom is 0.197 e. The molecule has 2 nitrogen and oxygen atoms in total. The average molecular weight is 311 g/mol. The van der Waals surface area contributed by atoms with Gasteiger partial charge in [-0.3, -0.25) is 0 Å². The predicted octanol–water partition coefficient (Wildman–Crippen LogP) is 4.18. The lowest BCUT2D eigenvalue weighted by Gasteiger charge is -2.12. The number of hydrogen-bond donors (Lipinski definition) is 0. The van der Waals surface area contributed by atoms with Crippen LogP contribution in [0.4, 0.5) is 4.39 Å². The number of methoxy groups -OCH3 is 1. The van der Waals surface area contributed by atoms with Gasteiger partial charge in [0.15, 0.2) is 17.3 Å². The Kier molecular flexibility index (Phi) is 4.20. The summed E-state index contributed by atoms with van der Waals surface area (Å²) in [6, 6.07) is 12.6. The Hall–Kier alpha value is -1.55. The molecule has 4 heteroatoms. The summed E-state index contributed by atoms with van der Waals surface area (Å²) in [7, 11) is 1.48. The Bertz CT molecular complexity index is 529. The standard InChI is InChI=1S/C14H12BrFO2/c1-17-13-8-11(15)7-12(16)14(13)18-9-10-5-3-2-4-6-10/h2-8H,9H2,1H3. The highest BCUT2D eigenvalue weighted by molar-refractivity contribution is 9.10. The second-order valence-corrected chi connectivity index (χ2v) is 4.61. The molecule has 94 valence electrons. The van der Waals surface area contributed by atoms with Gasteiger partial charge in [0, 0.05) is 4.47 Å². The monoisotopic (exact) mass is 310 g/mol. The normalized spacial score (nSPS) is 10.2. The first kappa shape index (κ1) is 12.9. The van der Waals surface area contributed by atoms with E-state index in [-0.39, 0.29) is 5.75 Å². The smallest absolute Gasteiger partial charge is 0.197 e. The molecule has 0 unspecified atom stereocenters. The van der Waals surface area contributed by atoms with Crippen molar-refractivity contribution in [1.29, 1.82) is 0 Å². The lowest BCUT2D eigenvalue weighted by Crippen LogP contribution is -2.00. The molecule has 0 radical (unpaired) electrons. The summed E-state index contributed by atoms with van der Waals surface area (Å²) in [4.78, 5) is 0. The van der Waals surface area contributed by atoms with Crippen LogP contribution >= 0.6 is 15.9 Å². The molecule has 18 heavy (non-hydrogen) atoms. The summed E-state index contributed by atoms with van der Waals surface area (Å²) in [5.41, 5.74) is 0.974. The van der Waals surface area contributed by atoms with Crippen molar-refractivity contribution in [2.24, 2.45) is 0 Å². The number of benzene rings is 2. The second kappa shape index (κ2) is 5.87. The molecular weight excluding hydrogens is 299 g/mol. The SMILES string of the molecule is COc1cc(Br)cc(F)c1OCc1ccccc1. The van der Waals surface area contributed by atoms with E-state index < -0.39 is 5.82 Å². The van der Waals surface area contributed by atoms with Crippen molar-refractivity contribution >= 4 is 15.9 Å². The fourth-order valence-corrected chi connectivity index (χ4v) is 1.97. The minimum atomic E-state index is -0.447. The van der Waals surface area contributed by atoms with E-state index in [2.05, 4.69) is 15.9 Å². The van der Waals surface area contributed by atoms with Gasteiger partial charge in [0.2, 0.25) is 0 Å². The maximum atomic E-state index is 13.8. The molecule has 0 aliphatic carbocycles. The molecule has 0 N–H and O–H groups in total. The third kappa shape index (κ3) is 3.01. The van der Waals surface area contributed by atoms with Crippen molar-refractivity contribution in [1.82, 2.24) is 0 Å². The van der Waals surface area contributed by atoms with Gasteiger partial charge in [-0.1, -0.05) is 46.3 Å². The highest BCUT2D eigenvalue weighted by Crippen LogP contribution is 2.34. The zero-order chi connectivity index (χ0) is 13.0. The largest absolute Gasteiger partial charge is 0.493 e. The highest BCUT2D eigenvalue weighted by atomic mass is 79.9. The first-order valence-electron chi connectivity index (χ1n) is 5.40. The van der Waals surface area contributed by atoms with E-state index in [9.17, 15) is 4.39 Å². The van der Waals surface area contributed by atoms with Gasteiger partial charge in [0.05, 0.1) is 7.11 Å². The number of halogens is 2. The molecule has 0 atom stereocenters. The summed E-state index contributed by atoms with van der Waals surface area (Å²) in [6.07, 6.45) is 0. The van der Waals surface area contributed by atoms with E-state index in [0.29, 0.717) is 16.8 Å². The Morgan fingerprint density at radius 3 is 2.56 bits per heavy atom. The minimum absolute atomic E-state index is 0.129. The molecule has 0 bridgehead atoms. The zero-order valence-electron chi connectivity index (χ0n) is 9.82. The van der Waals surface area contributed by atoms with Crippen LogP contribution in [0.3, 0.4) is 0 Å². The lowest BCUT2D eigenvalue weighted by molar-refractivity contribution is 0.269. The quantitative estimate of drug-likeness (QED) is 0.843. The fourth-order valence-electron chi connectivity index (χ4n) is 1.56. The topological polar surface area (TPSA) is 18.5 Å². The molecule has 0 fully saturated rings. The Labute approximate surface area is 113 Å². The maximum absolute atomic E-state index is 13.8. The molecule has 0 aliphatic rings. The van der Waals surface area contributed by atoms with Crippen molar-refractivity contribution < 1.29 is 13.9 Å². The van der Waals surface area contributed by atoms with E-state index in [1.54, 1.807) is 6.07 Å². The molecule has 0 aliphatic heterocycles. The molecule has 2 aromatic carbocycles. The summed E-state index contributed by atoms with van der Waals surface area (Å²) in [5, 5.41) is 0. The molecule has 0 heterocycles. The van der Waals surface area contributed by atoms with E-state index in [4.69, 9.17) is 9.47 Å². The molecule has 0 amide bonds. The first-order valence-corrected chi connectivity index (χ1v) is 6.20. The first-order chi connectivity index (χ1) is 8.70. The van der Waals surface area contributed by atoms with E-state index >= 15 is 0 Å². The van der Waals surface area contributed by atoms with Gasteiger partial charge in [0.25, 0.3) is 0 Å². The van der Waals surface area contributed by atoms with E-state index in [1.807, 2.05) is 30.3 Å². The molecule has 0 spiro atoms. The Balaban J connectivity index is 2.19. The van der Waals surface area contributed by atoms with Crippen LogP contribution in [0.1, 0.15) is 5.56 Å². The van der Waals surface area contributed by atoms with Crippen molar-refractivity contribution in [2.45, 2.75) is 6.61 Å². The molecule has 0 saturated carbocycles. The van der Waals surface area contributed by atoms with Gasteiger partial charge < -0.3 is 9.47 Å². The highest BCUT2D eigenvalue weighted by Gasteiger charge is 2.12. The summed E-state index contributed by atoms with van der Waals surface area (Å²) in [6.45, 7) is 0.301. The summed E-state index contributed by atoms with van der Waals surface area (Å²) < 4.78 is 25.0. The van der Waals surface area contributed by atoms with Gasteiger partial charge in [-0.05, 0) is 17.7 Å². The lowest BCUT2D eigenvalue weighted by atomic mass is 10.2. The van der Waals surface area contributed by atoms with Gasteiger partial charge in [-0.25, -0.2) is 4.39 Å². The van der Waals surface area contributed by atoms with Gasteiger partial charge in [-0.15, -0.1) is 0 Å². The third-order valence-electron chi connectivity index (χ3n) is 2.42. The van der Waals surface area contributed by atoms with Crippen LogP contribution in [0.25, 0.3) is 0 Å². The Morgan fingerprint density at radius 2 is 1.89 bits per heavy atom. The predicted molar refractivity (Wildman–Crippen MR) is 71.4 cm³/mol. The third-order valence-corrected chi connectivity index (χ3v) is 2.88. The molecule has 0 aromatic heterocycles. The van der Waals surface area contributed by atoms with Crippen LogP contribution in [-0.4, -0.2) is 7.11 Å². The van der Waals surface area contributed by atoms with Crippen LogP contribution in [0.15, 0.2) is 46.9 Å². The van der Waals surface area contributed by atoms with E-state index in [0.717, 1.165) is 5.56 Å². The van der Waals surface area contributed by atoms with E-state index in [1.165, 1.54) is 13.2 Å². The molecule has 0 saturated heterocycles. The minimum Gasteiger partial charge on any atom is -0.493 e. The van der Waals surface area contributed by atoms with Gasteiger partial charge >= 0.3 is 0 Å². The van der Waals surface area contributed by atoms with Crippen LogP contribution in [0.5, 0.6) is 11.5 Å². The summed E-state index contributed by atoms with van der Waals surface area (Å²) >= 11 is 3.21. The van der Waals surface area contributed by atoms with Crippen LogP contribution in [-0.2, 0) is 6.61 Å². The van der Waals surface area contributed by atoms with Crippen LogP contribution in [0, 0.1) is 5.82 Å². The van der Waals surface area contributed by atoms with Crippen molar-refractivity contribution in [3.05, 3.63) is 58.3 Å². The van der Waals surface area contributed by atoms with Crippen molar-refractivity contribution in [3.63, 3.8) is 0 Å². The van der Waals surface area contributed by atoms with Crippen molar-refractivity contribution in [2.75, 3.05) is 7.11 Å². The number of hydrogen-bond acceptors (Lipinski definition) is 2. The molecular formula is C14H12BrFO2. The second-order valence-electron chi connectivity index (χ2n) is 3.69. The molecule has 2 aromatic rings. The summed E-state index contributed by atoms with van der Waals surface area (Å²) in [5.74, 6) is 0.0551. The van der Waals surface area contributed by atoms with Crippen LogP contribution < -0.4 is 9.47 Å². The van der Waals surface area contributed by atoms with Gasteiger partial charge in [-0.2, -0.15) is 0 Å². The average Bonchev–Trinajstić information content (AvgIpc) is 2.38. The number of ether oxygens (including phenoxy) is 2. The van der Waals surface area contributed by atoms with Crippen molar-refractivity contribution in [3.8, 4) is 11.5 Å². The molecule has 2 rings (SSSR count). The Morgan fingerprint density at radius 1 is 1.17 bits per heavy atom. The van der Waals surface area contributed by atoms with Crippen LogP contribution in [0.2, 0.25) is 0 Å². The zero-order valence-corrected chi connectivity index (χ0v) is 11.4. The number of rotatable bonds is 4. The fraction of sp³-hybridized carbons (Fsp3) is 0.143.